The molecule has 1 aromatic rings. The first-order chi connectivity index (χ1) is 11.7. The minimum absolute atomic E-state index is 0.139. The number of ether oxygens (including phenoxy) is 2. The smallest absolute Gasteiger partial charge is 0.347 e. The van der Waals surface area contributed by atoms with E-state index < -0.39 is 23.5 Å². The minimum Gasteiger partial charge on any atom is -0.463 e. The summed E-state index contributed by atoms with van der Waals surface area (Å²) in [5, 5.41) is 9.98. The van der Waals surface area contributed by atoms with E-state index in [4.69, 9.17) is 9.47 Å². The molecule has 5 atom stereocenters. The van der Waals surface area contributed by atoms with Crippen molar-refractivity contribution < 1.29 is 19.1 Å². The molecular weight excluding hydrogens is 306 g/mol. The summed E-state index contributed by atoms with van der Waals surface area (Å²) in [4.78, 5) is 24.6. The van der Waals surface area contributed by atoms with Crippen LogP contribution in [0.3, 0.4) is 0 Å². The van der Waals surface area contributed by atoms with E-state index in [-0.39, 0.29) is 24.4 Å². The number of rotatable bonds is 3. The van der Waals surface area contributed by atoms with Crippen molar-refractivity contribution in [3.63, 3.8) is 0 Å². The molecule has 5 nitrogen and oxygen atoms in total. The third-order valence-electron chi connectivity index (χ3n) is 5.44. The zero-order valence-electron chi connectivity index (χ0n) is 13.1. The van der Waals surface area contributed by atoms with Crippen LogP contribution >= 0.6 is 0 Å². The quantitative estimate of drug-likeness (QED) is 0.630. The third kappa shape index (κ3) is 1.99. The van der Waals surface area contributed by atoms with Gasteiger partial charge in [-0.1, -0.05) is 42.5 Å². The highest BCUT2D eigenvalue weighted by Crippen LogP contribution is 2.61. The lowest BCUT2D eigenvalue weighted by molar-refractivity contribution is -0.167. The van der Waals surface area contributed by atoms with E-state index in [1.165, 1.54) is 0 Å². The summed E-state index contributed by atoms with van der Waals surface area (Å²) in [7, 11) is 0. The fourth-order valence-electron chi connectivity index (χ4n) is 4.34. The number of hydrogen-bond donors (Lipinski definition) is 0. The largest absolute Gasteiger partial charge is 0.463 e. The van der Waals surface area contributed by atoms with Crippen LogP contribution in [0.4, 0.5) is 0 Å². The molecule has 1 saturated heterocycles. The van der Waals surface area contributed by atoms with Crippen LogP contribution in [0.5, 0.6) is 0 Å². The van der Waals surface area contributed by atoms with Crippen LogP contribution in [0.2, 0.25) is 0 Å². The predicted molar refractivity (Wildman–Crippen MR) is 83.4 cm³/mol. The molecular formula is C19H17NO4. The van der Waals surface area contributed by atoms with Gasteiger partial charge in [0.05, 0.1) is 12.7 Å². The van der Waals surface area contributed by atoms with E-state index in [1.54, 1.807) is 0 Å². The summed E-state index contributed by atoms with van der Waals surface area (Å²) in [6, 6.07) is 11.9. The molecule has 122 valence electrons. The maximum absolute atomic E-state index is 13.0. The molecule has 2 aliphatic carbocycles. The van der Waals surface area contributed by atoms with Gasteiger partial charge in [-0.25, -0.2) is 4.79 Å². The first kappa shape index (κ1) is 14.9. The van der Waals surface area contributed by atoms with Gasteiger partial charge in [-0.2, -0.15) is 5.26 Å². The van der Waals surface area contributed by atoms with E-state index in [0.29, 0.717) is 6.42 Å². The van der Waals surface area contributed by atoms with Crippen molar-refractivity contribution in [1.29, 1.82) is 5.26 Å². The molecule has 1 heterocycles. The summed E-state index contributed by atoms with van der Waals surface area (Å²) in [5.41, 5.74) is -0.314. The first-order valence-electron chi connectivity index (χ1n) is 8.19. The molecule has 0 aromatic heterocycles. The van der Waals surface area contributed by atoms with Gasteiger partial charge in [-0.05, 0) is 17.9 Å². The van der Waals surface area contributed by atoms with Crippen LogP contribution < -0.4 is 0 Å². The van der Waals surface area contributed by atoms with Gasteiger partial charge in [-0.3, -0.25) is 4.79 Å². The number of carbonyl (C=O) groups is 2. The van der Waals surface area contributed by atoms with Crippen molar-refractivity contribution >= 4 is 11.9 Å². The molecule has 5 heteroatoms. The van der Waals surface area contributed by atoms with E-state index in [1.807, 2.05) is 36.4 Å². The summed E-state index contributed by atoms with van der Waals surface area (Å²) >= 11 is 0. The van der Waals surface area contributed by atoms with Crippen molar-refractivity contribution in [2.24, 2.45) is 17.3 Å². The van der Waals surface area contributed by atoms with Crippen LogP contribution in [0.1, 0.15) is 24.3 Å². The lowest BCUT2D eigenvalue weighted by Crippen LogP contribution is -2.43. The Balaban J connectivity index is 1.71. The molecule has 24 heavy (non-hydrogen) atoms. The lowest BCUT2D eigenvalue weighted by Gasteiger charge is -2.34. The second-order valence-corrected chi connectivity index (χ2v) is 6.61. The highest BCUT2D eigenvalue weighted by atomic mass is 16.6. The van der Waals surface area contributed by atoms with Crippen LogP contribution in [0, 0.1) is 28.6 Å². The molecule has 0 N–H and O–H groups in total. The van der Waals surface area contributed by atoms with Gasteiger partial charge in [-0.15, -0.1) is 0 Å². The number of allylic oxidation sites excluding steroid dienone is 2. The number of nitriles is 1. The zero-order valence-corrected chi connectivity index (χ0v) is 13.1. The zero-order chi connectivity index (χ0) is 16.7. The maximum Gasteiger partial charge on any atom is 0.347 e. The summed E-state index contributed by atoms with van der Waals surface area (Å²) < 4.78 is 10.3. The first-order valence-corrected chi connectivity index (χ1v) is 8.19. The number of esters is 2. The standard InChI is InChI=1S/C19H17NO4/c20-11-19(18(22)24-15-8-9-23-17(15)21)14-7-6-13(10-14)16(19)12-4-2-1-3-5-12/h1-7,13-16H,8-10H2/t13-,14+,15+,16-,19-/m0/s1. The second kappa shape index (κ2) is 5.48. The van der Waals surface area contributed by atoms with Crippen LogP contribution in [-0.2, 0) is 19.1 Å². The van der Waals surface area contributed by atoms with Crippen molar-refractivity contribution in [2.45, 2.75) is 24.9 Å². The molecule has 3 aliphatic rings. The van der Waals surface area contributed by atoms with Crippen LogP contribution in [-0.4, -0.2) is 24.6 Å². The van der Waals surface area contributed by atoms with E-state index in [9.17, 15) is 14.9 Å². The normalized spacial score (nSPS) is 36.4. The third-order valence-corrected chi connectivity index (χ3v) is 5.44. The number of benzene rings is 1. The van der Waals surface area contributed by atoms with Crippen molar-refractivity contribution in [2.75, 3.05) is 6.61 Å². The molecule has 1 saturated carbocycles. The Kier molecular flexibility index (Phi) is 3.42. The van der Waals surface area contributed by atoms with E-state index in [2.05, 4.69) is 12.1 Å². The topological polar surface area (TPSA) is 76.4 Å². The fraction of sp³-hybridized carbons (Fsp3) is 0.421. The Morgan fingerprint density at radius 2 is 2.08 bits per heavy atom. The Morgan fingerprint density at radius 3 is 2.75 bits per heavy atom. The van der Waals surface area contributed by atoms with Crippen molar-refractivity contribution in [3.05, 3.63) is 48.0 Å². The molecule has 4 rings (SSSR count). The second-order valence-electron chi connectivity index (χ2n) is 6.61. The highest BCUT2D eigenvalue weighted by Gasteiger charge is 2.63. The van der Waals surface area contributed by atoms with E-state index >= 15 is 0 Å². The molecule has 0 spiro atoms. The average molecular weight is 323 g/mol. The van der Waals surface area contributed by atoms with E-state index in [0.717, 1.165) is 12.0 Å². The number of cyclic esters (lactones) is 1. The number of carbonyl (C=O) groups excluding carboxylic acids is 2. The van der Waals surface area contributed by atoms with Crippen molar-refractivity contribution in [3.8, 4) is 6.07 Å². The van der Waals surface area contributed by atoms with Gasteiger partial charge in [0.2, 0.25) is 6.10 Å². The molecule has 1 aromatic carbocycles. The van der Waals surface area contributed by atoms with Crippen LogP contribution in [0.15, 0.2) is 42.5 Å². The fourth-order valence-corrected chi connectivity index (χ4v) is 4.34. The molecule has 0 amide bonds. The van der Waals surface area contributed by atoms with Gasteiger partial charge in [0.25, 0.3) is 0 Å². The molecule has 0 unspecified atom stereocenters. The average Bonchev–Trinajstić information content (AvgIpc) is 3.31. The van der Waals surface area contributed by atoms with Gasteiger partial charge in [0.1, 0.15) is 0 Å². The Labute approximate surface area is 139 Å². The number of hydrogen-bond acceptors (Lipinski definition) is 5. The van der Waals surface area contributed by atoms with Gasteiger partial charge >= 0.3 is 11.9 Å². The maximum atomic E-state index is 13.0. The summed E-state index contributed by atoms with van der Waals surface area (Å²) in [5.74, 6) is -1.41. The molecule has 0 radical (unpaired) electrons. The molecule has 2 bridgehead atoms. The molecule has 1 aliphatic heterocycles. The Hall–Kier alpha value is -2.61. The molecule has 2 fully saturated rings. The number of fused-ring (bicyclic) bond motifs is 2. The Bertz CT molecular complexity index is 750. The summed E-state index contributed by atoms with van der Waals surface area (Å²) in [6.45, 7) is 0.254. The monoisotopic (exact) mass is 323 g/mol. The summed E-state index contributed by atoms with van der Waals surface area (Å²) in [6.07, 6.45) is 4.27. The predicted octanol–water partition coefficient (Wildman–Crippen LogP) is 2.34. The lowest BCUT2D eigenvalue weighted by atomic mass is 9.66. The number of nitrogens with zero attached hydrogens (tertiary/aromatic N) is 1. The van der Waals surface area contributed by atoms with Crippen molar-refractivity contribution in [1.82, 2.24) is 0 Å². The SMILES string of the molecule is N#C[C@]1(C(=O)O[C@@H]2CCOC2=O)[C@@H]2C=C[C@@H](C2)[C@@H]1c1ccccc1. The Morgan fingerprint density at radius 1 is 1.29 bits per heavy atom. The minimum atomic E-state index is -1.27. The van der Waals surface area contributed by atoms with Crippen LogP contribution in [0.25, 0.3) is 0 Å². The van der Waals surface area contributed by atoms with Gasteiger partial charge in [0, 0.05) is 18.3 Å². The highest BCUT2D eigenvalue weighted by molar-refractivity contribution is 5.87. The van der Waals surface area contributed by atoms with Gasteiger partial charge < -0.3 is 9.47 Å². The van der Waals surface area contributed by atoms with Gasteiger partial charge in [0.15, 0.2) is 5.41 Å².